The number of thiophene rings is 1. The minimum Gasteiger partial charge on any atom is -0.309 e. The highest BCUT2D eigenvalue weighted by Gasteiger charge is 2.19. The SMILES string of the molecule is CC(NCCCF)c1cc([N+](=O)[O-])c(Cl)s1. The standard InChI is InChI=1S/C9H12ClFN2O2S/c1-6(12-4-2-3-11)8-5-7(13(14)15)9(10)16-8/h5-6,12H,2-4H2,1H3. The van der Waals surface area contributed by atoms with Crippen molar-refractivity contribution in [2.75, 3.05) is 13.2 Å². The van der Waals surface area contributed by atoms with Gasteiger partial charge in [0.05, 0.1) is 11.6 Å². The maximum atomic E-state index is 11.9. The second-order valence-electron chi connectivity index (χ2n) is 3.28. The minimum absolute atomic E-state index is 0.0530. The third kappa shape index (κ3) is 3.40. The Labute approximate surface area is 102 Å². The molecule has 4 nitrogen and oxygen atoms in total. The summed E-state index contributed by atoms with van der Waals surface area (Å²) in [5, 5.41) is 13.6. The molecular formula is C9H12ClFN2O2S. The number of rotatable bonds is 6. The normalized spacial score (nSPS) is 12.7. The monoisotopic (exact) mass is 266 g/mol. The quantitative estimate of drug-likeness (QED) is 0.488. The van der Waals surface area contributed by atoms with Gasteiger partial charge in [0.2, 0.25) is 0 Å². The molecule has 0 radical (unpaired) electrons. The van der Waals surface area contributed by atoms with Gasteiger partial charge < -0.3 is 5.32 Å². The number of hydrogen-bond acceptors (Lipinski definition) is 4. The van der Waals surface area contributed by atoms with Crippen LogP contribution in [0, 0.1) is 10.1 Å². The molecule has 0 saturated heterocycles. The van der Waals surface area contributed by atoms with Crippen molar-refractivity contribution >= 4 is 28.6 Å². The molecule has 1 atom stereocenters. The fourth-order valence-electron chi connectivity index (χ4n) is 1.20. The first kappa shape index (κ1) is 13.3. The summed E-state index contributed by atoms with van der Waals surface area (Å²) < 4.78 is 12.1. The smallest absolute Gasteiger partial charge is 0.299 e. The number of alkyl halides is 1. The van der Waals surface area contributed by atoms with E-state index in [0.29, 0.717) is 13.0 Å². The van der Waals surface area contributed by atoms with Crippen molar-refractivity contribution in [3.63, 3.8) is 0 Å². The van der Waals surface area contributed by atoms with Gasteiger partial charge in [-0.25, -0.2) is 0 Å². The molecule has 0 aromatic carbocycles. The van der Waals surface area contributed by atoms with Gasteiger partial charge in [-0.1, -0.05) is 11.6 Å². The number of nitrogens with zero attached hydrogens (tertiary/aromatic N) is 1. The van der Waals surface area contributed by atoms with Gasteiger partial charge in [-0.15, -0.1) is 11.3 Å². The summed E-state index contributed by atoms with van der Waals surface area (Å²) in [4.78, 5) is 10.9. The molecule has 0 fully saturated rings. The fraction of sp³-hybridized carbons (Fsp3) is 0.556. The highest BCUT2D eigenvalue weighted by atomic mass is 35.5. The van der Waals surface area contributed by atoms with Gasteiger partial charge in [0.15, 0.2) is 4.34 Å². The van der Waals surface area contributed by atoms with Crippen LogP contribution in [-0.2, 0) is 0 Å². The molecule has 0 aliphatic rings. The Kier molecular flexibility index (Phi) is 5.11. The molecule has 1 heterocycles. The van der Waals surface area contributed by atoms with E-state index in [1.165, 1.54) is 17.4 Å². The zero-order valence-electron chi connectivity index (χ0n) is 8.70. The van der Waals surface area contributed by atoms with Gasteiger partial charge in [0, 0.05) is 17.0 Å². The predicted octanol–water partition coefficient (Wildman–Crippen LogP) is 3.32. The summed E-state index contributed by atoms with van der Waals surface area (Å²) in [5.74, 6) is 0. The summed E-state index contributed by atoms with van der Waals surface area (Å²) in [7, 11) is 0. The van der Waals surface area contributed by atoms with Gasteiger partial charge in [-0.05, 0) is 19.9 Å². The van der Waals surface area contributed by atoms with Crippen LogP contribution < -0.4 is 5.32 Å². The molecule has 0 bridgehead atoms. The van der Waals surface area contributed by atoms with E-state index in [0.717, 1.165) is 4.88 Å². The van der Waals surface area contributed by atoms with Gasteiger partial charge in [-0.3, -0.25) is 14.5 Å². The molecule has 1 rings (SSSR count). The van der Waals surface area contributed by atoms with Crippen LogP contribution in [-0.4, -0.2) is 18.1 Å². The van der Waals surface area contributed by atoms with Crippen molar-refractivity contribution in [2.45, 2.75) is 19.4 Å². The maximum absolute atomic E-state index is 11.9. The van der Waals surface area contributed by atoms with Crippen molar-refractivity contribution in [2.24, 2.45) is 0 Å². The molecule has 7 heteroatoms. The van der Waals surface area contributed by atoms with Gasteiger partial charge in [-0.2, -0.15) is 0 Å². The summed E-state index contributed by atoms with van der Waals surface area (Å²) in [6.07, 6.45) is 0.436. The van der Waals surface area contributed by atoms with Crippen LogP contribution in [0.25, 0.3) is 0 Å². The van der Waals surface area contributed by atoms with E-state index in [4.69, 9.17) is 11.6 Å². The molecule has 1 aromatic rings. The molecule has 0 amide bonds. The average molecular weight is 267 g/mol. The predicted molar refractivity (Wildman–Crippen MR) is 63.0 cm³/mol. The van der Waals surface area contributed by atoms with Gasteiger partial charge in [0.1, 0.15) is 0 Å². The first-order valence-electron chi connectivity index (χ1n) is 4.79. The molecule has 1 N–H and O–H groups in total. The van der Waals surface area contributed by atoms with Crippen LogP contribution in [0.3, 0.4) is 0 Å². The molecule has 1 unspecified atom stereocenters. The number of hydrogen-bond donors (Lipinski definition) is 1. The van der Waals surface area contributed by atoms with E-state index in [9.17, 15) is 14.5 Å². The van der Waals surface area contributed by atoms with E-state index in [1.54, 1.807) is 0 Å². The van der Waals surface area contributed by atoms with Crippen LogP contribution in [0.5, 0.6) is 0 Å². The Morgan fingerprint density at radius 2 is 2.44 bits per heavy atom. The zero-order chi connectivity index (χ0) is 12.1. The Morgan fingerprint density at radius 1 is 1.75 bits per heavy atom. The van der Waals surface area contributed by atoms with Crippen LogP contribution >= 0.6 is 22.9 Å². The van der Waals surface area contributed by atoms with Crippen LogP contribution in [0.1, 0.15) is 24.3 Å². The lowest BCUT2D eigenvalue weighted by Crippen LogP contribution is -2.19. The maximum Gasteiger partial charge on any atom is 0.299 e. The van der Waals surface area contributed by atoms with Crippen LogP contribution in [0.2, 0.25) is 4.34 Å². The Morgan fingerprint density at radius 3 is 2.94 bits per heavy atom. The number of nitro groups is 1. The van der Waals surface area contributed by atoms with Gasteiger partial charge in [0.25, 0.3) is 5.69 Å². The second kappa shape index (κ2) is 6.12. The number of halogens is 2. The van der Waals surface area contributed by atoms with E-state index in [-0.39, 0.29) is 22.7 Å². The van der Waals surface area contributed by atoms with Gasteiger partial charge >= 0.3 is 0 Å². The summed E-state index contributed by atoms with van der Waals surface area (Å²) in [5.41, 5.74) is -0.0687. The minimum atomic E-state index is -0.503. The lowest BCUT2D eigenvalue weighted by atomic mass is 10.2. The molecule has 0 aliphatic carbocycles. The molecule has 0 aliphatic heterocycles. The lowest BCUT2D eigenvalue weighted by molar-refractivity contribution is -0.384. The largest absolute Gasteiger partial charge is 0.309 e. The molecule has 1 aromatic heterocycles. The zero-order valence-corrected chi connectivity index (χ0v) is 10.3. The van der Waals surface area contributed by atoms with Crippen molar-refractivity contribution in [3.8, 4) is 0 Å². The van der Waals surface area contributed by atoms with Crippen LogP contribution in [0.4, 0.5) is 10.1 Å². The Balaban J connectivity index is 2.65. The fourth-order valence-corrected chi connectivity index (χ4v) is 2.47. The molecule has 16 heavy (non-hydrogen) atoms. The first-order valence-corrected chi connectivity index (χ1v) is 5.98. The van der Waals surface area contributed by atoms with Crippen molar-refractivity contribution in [1.82, 2.24) is 5.32 Å². The highest BCUT2D eigenvalue weighted by molar-refractivity contribution is 7.16. The Hall–Kier alpha value is -0.720. The van der Waals surface area contributed by atoms with Crippen LogP contribution in [0.15, 0.2) is 6.07 Å². The average Bonchev–Trinajstić information content (AvgIpc) is 2.60. The molecule has 0 saturated carbocycles. The van der Waals surface area contributed by atoms with E-state index >= 15 is 0 Å². The number of nitrogens with one attached hydrogen (secondary N) is 1. The van der Waals surface area contributed by atoms with E-state index in [2.05, 4.69) is 5.32 Å². The third-order valence-corrected chi connectivity index (χ3v) is 3.59. The van der Waals surface area contributed by atoms with Crippen molar-refractivity contribution in [1.29, 1.82) is 0 Å². The molecule has 0 spiro atoms. The molecule has 90 valence electrons. The highest BCUT2D eigenvalue weighted by Crippen LogP contribution is 2.36. The van der Waals surface area contributed by atoms with E-state index in [1.807, 2.05) is 6.92 Å². The lowest BCUT2D eigenvalue weighted by Gasteiger charge is -2.10. The Bertz CT molecular complexity index is 372. The summed E-state index contributed by atoms with van der Waals surface area (Å²) in [6.45, 7) is 2.04. The topological polar surface area (TPSA) is 55.2 Å². The van der Waals surface area contributed by atoms with Crippen molar-refractivity contribution < 1.29 is 9.31 Å². The summed E-state index contributed by atoms with van der Waals surface area (Å²) >= 11 is 6.91. The van der Waals surface area contributed by atoms with Crippen molar-refractivity contribution in [3.05, 3.63) is 25.4 Å². The second-order valence-corrected chi connectivity index (χ2v) is 4.97. The third-order valence-electron chi connectivity index (χ3n) is 2.07. The molecular weight excluding hydrogens is 255 g/mol. The first-order chi connectivity index (χ1) is 7.56. The van der Waals surface area contributed by atoms with E-state index < -0.39 is 4.92 Å². The summed E-state index contributed by atoms with van der Waals surface area (Å²) in [6, 6.07) is 1.41.